The summed E-state index contributed by atoms with van der Waals surface area (Å²) in [6.45, 7) is -0.0533. The Morgan fingerprint density at radius 2 is 2.08 bits per heavy atom. The Bertz CT molecular complexity index is 947. The number of thiophene rings is 1. The van der Waals surface area contributed by atoms with E-state index in [1.165, 1.54) is 34.3 Å². The summed E-state index contributed by atoms with van der Waals surface area (Å²) >= 11 is 8.88. The number of likely N-dealkylation sites (N-methyl/N-ethyl adjacent to an activating group) is 1. The summed E-state index contributed by atoms with van der Waals surface area (Å²) in [6.07, 6.45) is 1.49. The number of fused-ring (bicyclic) bond motifs is 1. The largest absolute Gasteiger partial charge is 0.336 e. The fraction of sp³-hybridized carbons (Fsp3) is 0.176. The lowest BCUT2D eigenvalue weighted by Gasteiger charge is -2.17. The number of benzene rings is 1. The predicted octanol–water partition coefficient (Wildman–Crippen LogP) is 3.53. The van der Waals surface area contributed by atoms with Crippen molar-refractivity contribution in [1.82, 2.24) is 14.9 Å². The van der Waals surface area contributed by atoms with Gasteiger partial charge in [-0.15, -0.1) is 11.3 Å². The van der Waals surface area contributed by atoms with Crippen LogP contribution in [-0.2, 0) is 9.59 Å². The molecule has 0 bridgehead atoms. The standard InChI is InChI=1S/C17H15ClN4O2S2/c1-22(8-14(23)21-13-5-3-2-4-12(13)18)15(24)9-26-17-11-6-7-25-16(11)19-10-20-17/h2-7,10H,8-9H2,1H3,(H,21,23). The lowest BCUT2D eigenvalue weighted by molar-refractivity contribution is -0.131. The second-order valence-electron chi connectivity index (χ2n) is 5.38. The molecular weight excluding hydrogens is 392 g/mol. The summed E-state index contributed by atoms with van der Waals surface area (Å²) < 4.78 is 0. The van der Waals surface area contributed by atoms with Gasteiger partial charge < -0.3 is 10.2 Å². The maximum atomic E-state index is 12.3. The number of aromatic nitrogens is 2. The van der Waals surface area contributed by atoms with E-state index < -0.39 is 0 Å². The molecule has 0 aliphatic heterocycles. The highest BCUT2D eigenvalue weighted by Crippen LogP contribution is 2.27. The van der Waals surface area contributed by atoms with Crippen LogP contribution in [-0.4, -0.2) is 46.0 Å². The number of hydrogen-bond acceptors (Lipinski definition) is 6. The number of thioether (sulfide) groups is 1. The Kier molecular flexibility index (Phi) is 6.08. The van der Waals surface area contributed by atoms with Crippen LogP contribution in [0.25, 0.3) is 10.2 Å². The Hall–Kier alpha value is -2.16. The number of hydrogen-bond donors (Lipinski definition) is 1. The minimum atomic E-state index is -0.304. The maximum absolute atomic E-state index is 12.3. The fourth-order valence-electron chi connectivity index (χ4n) is 2.18. The van der Waals surface area contributed by atoms with Gasteiger partial charge in [-0.25, -0.2) is 9.97 Å². The third-order valence-electron chi connectivity index (χ3n) is 3.51. The van der Waals surface area contributed by atoms with Crippen molar-refractivity contribution in [3.8, 4) is 0 Å². The molecule has 3 aromatic rings. The third kappa shape index (κ3) is 4.51. The molecule has 26 heavy (non-hydrogen) atoms. The molecule has 1 aromatic carbocycles. The molecule has 2 amide bonds. The molecule has 0 saturated heterocycles. The minimum absolute atomic E-state index is 0.0533. The zero-order valence-corrected chi connectivity index (χ0v) is 16.2. The quantitative estimate of drug-likeness (QED) is 0.500. The number of amides is 2. The molecule has 0 unspecified atom stereocenters. The zero-order valence-electron chi connectivity index (χ0n) is 13.8. The van der Waals surface area contributed by atoms with Gasteiger partial charge in [0.2, 0.25) is 11.8 Å². The van der Waals surface area contributed by atoms with Gasteiger partial charge in [0, 0.05) is 12.4 Å². The Morgan fingerprint density at radius 1 is 1.27 bits per heavy atom. The highest BCUT2D eigenvalue weighted by Gasteiger charge is 2.15. The van der Waals surface area contributed by atoms with E-state index in [2.05, 4.69) is 15.3 Å². The van der Waals surface area contributed by atoms with Gasteiger partial charge in [0.25, 0.3) is 0 Å². The van der Waals surface area contributed by atoms with E-state index in [-0.39, 0.29) is 24.1 Å². The zero-order chi connectivity index (χ0) is 18.5. The van der Waals surface area contributed by atoms with Crippen LogP contribution >= 0.6 is 34.7 Å². The third-order valence-corrected chi connectivity index (χ3v) is 5.65. The van der Waals surface area contributed by atoms with Crippen LogP contribution in [0.5, 0.6) is 0 Å². The smallest absolute Gasteiger partial charge is 0.244 e. The first-order valence-corrected chi connectivity index (χ1v) is 9.88. The number of para-hydroxylation sites is 1. The molecule has 6 nitrogen and oxygen atoms in total. The first-order valence-electron chi connectivity index (χ1n) is 7.64. The summed E-state index contributed by atoms with van der Waals surface area (Å²) in [7, 11) is 1.59. The molecule has 0 spiro atoms. The molecule has 134 valence electrons. The van der Waals surface area contributed by atoms with Gasteiger partial charge in [0.1, 0.15) is 16.2 Å². The summed E-state index contributed by atoms with van der Waals surface area (Å²) in [5.74, 6) is -0.273. The molecular formula is C17H15ClN4O2S2. The van der Waals surface area contributed by atoms with Crippen LogP contribution in [0.2, 0.25) is 5.02 Å². The average molecular weight is 407 g/mol. The minimum Gasteiger partial charge on any atom is -0.336 e. The van der Waals surface area contributed by atoms with Crippen molar-refractivity contribution in [1.29, 1.82) is 0 Å². The Labute approximate surface area is 163 Å². The van der Waals surface area contributed by atoms with Crippen LogP contribution in [0, 0.1) is 0 Å². The topological polar surface area (TPSA) is 75.2 Å². The van der Waals surface area contributed by atoms with Crippen LogP contribution in [0.15, 0.2) is 47.1 Å². The van der Waals surface area contributed by atoms with Gasteiger partial charge in [-0.05, 0) is 23.6 Å². The van der Waals surface area contributed by atoms with Gasteiger partial charge in [0.15, 0.2) is 0 Å². The molecule has 0 fully saturated rings. The number of nitrogens with one attached hydrogen (secondary N) is 1. The molecule has 0 aliphatic carbocycles. The SMILES string of the molecule is CN(CC(=O)Nc1ccccc1Cl)C(=O)CSc1ncnc2sccc12. The van der Waals surface area contributed by atoms with E-state index in [9.17, 15) is 9.59 Å². The molecule has 0 aliphatic rings. The highest BCUT2D eigenvalue weighted by atomic mass is 35.5. The molecule has 1 N–H and O–H groups in total. The molecule has 3 rings (SSSR count). The van der Waals surface area contributed by atoms with Crippen molar-refractivity contribution < 1.29 is 9.59 Å². The molecule has 2 aromatic heterocycles. The van der Waals surface area contributed by atoms with Gasteiger partial charge >= 0.3 is 0 Å². The summed E-state index contributed by atoms with van der Waals surface area (Å²) in [4.78, 5) is 35.1. The van der Waals surface area contributed by atoms with Gasteiger partial charge in [-0.3, -0.25) is 9.59 Å². The lowest BCUT2D eigenvalue weighted by Crippen LogP contribution is -2.36. The fourth-order valence-corrected chi connectivity index (χ4v) is 4.08. The van der Waals surface area contributed by atoms with E-state index in [0.717, 1.165) is 15.2 Å². The van der Waals surface area contributed by atoms with Crippen LogP contribution in [0.1, 0.15) is 0 Å². The molecule has 9 heteroatoms. The van der Waals surface area contributed by atoms with Gasteiger partial charge in [-0.1, -0.05) is 35.5 Å². The number of anilines is 1. The predicted molar refractivity (Wildman–Crippen MR) is 106 cm³/mol. The molecule has 0 saturated carbocycles. The summed E-state index contributed by atoms with van der Waals surface area (Å²) in [6, 6.07) is 8.89. The van der Waals surface area contributed by atoms with E-state index >= 15 is 0 Å². The van der Waals surface area contributed by atoms with Crippen LogP contribution < -0.4 is 5.32 Å². The van der Waals surface area contributed by atoms with Crippen molar-refractivity contribution in [3.63, 3.8) is 0 Å². The van der Waals surface area contributed by atoms with Crippen molar-refractivity contribution in [2.45, 2.75) is 5.03 Å². The monoisotopic (exact) mass is 406 g/mol. The number of nitrogens with zero attached hydrogens (tertiary/aromatic N) is 3. The molecule has 2 heterocycles. The van der Waals surface area contributed by atoms with Crippen molar-refractivity contribution in [2.24, 2.45) is 0 Å². The first kappa shape index (κ1) is 18.6. The molecule has 0 atom stereocenters. The van der Waals surface area contributed by atoms with Crippen molar-refractivity contribution >= 4 is 62.4 Å². The molecule has 0 radical (unpaired) electrons. The van der Waals surface area contributed by atoms with E-state index in [0.29, 0.717) is 10.7 Å². The van der Waals surface area contributed by atoms with Gasteiger partial charge in [-0.2, -0.15) is 0 Å². The lowest BCUT2D eigenvalue weighted by atomic mass is 10.3. The van der Waals surface area contributed by atoms with E-state index in [1.807, 2.05) is 11.4 Å². The van der Waals surface area contributed by atoms with Crippen molar-refractivity contribution in [3.05, 3.63) is 47.1 Å². The summed E-state index contributed by atoms with van der Waals surface area (Å²) in [5.41, 5.74) is 0.523. The van der Waals surface area contributed by atoms with Gasteiger partial charge in [0.05, 0.1) is 23.0 Å². The summed E-state index contributed by atoms with van der Waals surface area (Å²) in [5, 5.41) is 6.80. The highest BCUT2D eigenvalue weighted by molar-refractivity contribution is 8.00. The van der Waals surface area contributed by atoms with Crippen LogP contribution in [0.4, 0.5) is 5.69 Å². The Morgan fingerprint density at radius 3 is 2.88 bits per heavy atom. The average Bonchev–Trinajstić information content (AvgIpc) is 3.10. The maximum Gasteiger partial charge on any atom is 0.244 e. The number of carbonyl (C=O) groups is 2. The Balaban J connectivity index is 1.54. The number of carbonyl (C=O) groups excluding carboxylic acids is 2. The second kappa shape index (κ2) is 8.48. The van der Waals surface area contributed by atoms with E-state index in [4.69, 9.17) is 11.6 Å². The van der Waals surface area contributed by atoms with Crippen molar-refractivity contribution in [2.75, 3.05) is 24.7 Å². The van der Waals surface area contributed by atoms with Crippen LogP contribution in [0.3, 0.4) is 0 Å². The normalized spacial score (nSPS) is 10.7. The number of halogens is 1. The number of rotatable bonds is 6. The first-order chi connectivity index (χ1) is 12.5. The van der Waals surface area contributed by atoms with E-state index in [1.54, 1.807) is 31.3 Å². The second-order valence-corrected chi connectivity index (χ2v) is 7.65.